The molecule has 1 radical (unpaired) electrons. The van der Waals surface area contributed by atoms with Gasteiger partial charge in [-0.05, 0) is 30.3 Å². The molecule has 101 valence electrons. The van der Waals surface area contributed by atoms with Gasteiger partial charge >= 0.3 is 0 Å². The Morgan fingerprint density at radius 3 is 2.11 bits per heavy atom. The third kappa shape index (κ3) is 5.01. The van der Waals surface area contributed by atoms with Crippen molar-refractivity contribution in [3.63, 3.8) is 0 Å². The first-order valence-corrected chi connectivity index (χ1v) is 6.22. The Kier molecular flexibility index (Phi) is 7.40. The molecule has 3 N–H and O–H groups in total. The number of sulfonamides is 1. The second-order valence-corrected chi connectivity index (χ2v) is 4.93. The third-order valence-corrected chi connectivity index (χ3v) is 3.33. The van der Waals surface area contributed by atoms with Crippen molar-refractivity contribution in [2.75, 3.05) is 10.5 Å². The van der Waals surface area contributed by atoms with Gasteiger partial charge in [0.25, 0.3) is 10.0 Å². The van der Waals surface area contributed by atoms with E-state index in [4.69, 9.17) is 5.73 Å². The van der Waals surface area contributed by atoms with E-state index in [0.717, 1.165) is 0 Å². The van der Waals surface area contributed by atoms with E-state index in [1.54, 1.807) is 6.07 Å². The molecule has 0 fully saturated rings. The van der Waals surface area contributed by atoms with Gasteiger partial charge in [0.2, 0.25) is 5.95 Å². The van der Waals surface area contributed by atoms with E-state index in [1.165, 1.54) is 36.7 Å². The minimum absolute atomic E-state index is 0. The zero-order valence-electron chi connectivity index (χ0n) is 9.75. The van der Waals surface area contributed by atoms with Crippen molar-refractivity contribution >= 4 is 21.7 Å². The summed E-state index contributed by atoms with van der Waals surface area (Å²) in [6.45, 7) is 0. The Labute approximate surface area is 139 Å². The monoisotopic (exact) mass is 421 g/mol. The maximum atomic E-state index is 11.9. The summed E-state index contributed by atoms with van der Waals surface area (Å²) in [5.74, 6) is 0.0318. The number of hydrogen-bond acceptors (Lipinski definition) is 5. The predicted octanol–water partition coefficient (Wildman–Crippen LogP) is 0.855. The maximum absolute atomic E-state index is 11.9. The molecule has 2 aromatic rings. The van der Waals surface area contributed by atoms with Crippen molar-refractivity contribution in [2.24, 2.45) is 0 Å². The number of nitrogens with two attached hydrogens (primary N) is 1. The number of benzene rings is 1. The fourth-order valence-corrected chi connectivity index (χ4v) is 2.14. The molecule has 0 saturated carbocycles. The van der Waals surface area contributed by atoms with E-state index in [9.17, 15) is 8.42 Å². The first-order chi connectivity index (χ1) is 8.08. The summed E-state index contributed by atoms with van der Waals surface area (Å²) in [7, 11) is -3.66. The zero-order chi connectivity index (χ0) is 12.3. The molecular weight excluding hydrogens is 413 g/mol. The molecule has 0 unspecified atom stereocenters. The first-order valence-electron chi connectivity index (χ1n) is 4.73. The van der Waals surface area contributed by atoms with Crippen LogP contribution in [0.4, 0.5) is 11.6 Å². The van der Waals surface area contributed by atoms with Gasteiger partial charge in [0.1, 0.15) is 0 Å². The first kappa shape index (κ1) is 18.2. The van der Waals surface area contributed by atoms with E-state index in [2.05, 4.69) is 14.7 Å². The second kappa shape index (κ2) is 7.72. The molecule has 0 bridgehead atoms. The quantitative estimate of drug-likeness (QED) is 0.564. The summed E-state index contributed by atoms with van der Waals surface area (Å²) < 4.78 is 26.0. The van der Waals surface area contributed by atoms with E-state index >= 15 is 0 Å². The number of nitrogen functional groups attached to an aromatic ring is 1. The Bertz CT molecular complexity index is 607. The Morgan fingerprint density at radius 2 is 1.58 bits per heavy atom. The van der Waals surface area contributed by atoms with Gasteiger partial charge in [0.15, 0.2) is 0 Å². The van der Waals surface area contributed by atoms with Gasteiger partial charge in [-0.1, -0.05) is 0 Å². The maximum Gasteiger partial charge on any atom is 0.264 e. The Balaban J connectivity index is 0.00000162. The summed E-state index contributed by atoms with van der Waals surface area (Å²) in [5.41, 5.74) is 5.98. The number of nitrogens with one attached hydrogen (secondary N) is 1. The van der Waals surface area contributed by atoms with Crippen LogP contribution in [0, 0.1) is 0 Å². The average Bonchev–Trinajstić information content (AvgIpc) is 2.30. The van der Waals surface area contributed by atoms with Crippen molar-refractivity contribution in [3.8, 4) is 0 Å². The average molecular weight is 424 g/mol. The van der Waals surface area contributed by atoms with Gasteiger partial charge < -0.3 is 5.73 Å². The van der Waals surface area contributed by atoms with Gasteiger partial charge in [0.05, 0.1) is 4.90 Å². The molecule has 2 rings (SSSR count). The van der Waals surface area contributed by atoms with Crippen molar-refractivity contribution in [2.45, 2.75) is 4.90 Å². The second-order valence-electron chi connectivity index (χ2n) is 3.25. The fraction of sp³-hybridized carbons (Fsp3) is 0. The van der Waals surface area contributed by atoms with E-state index in [0.29, 0.717) is 5.69 Å². The number of aromatic nitrogens is 2. The van der Waals surface area contributed by atoms with Crippen molar-refractivity contribution in [1.29, 1.82) is 0 Å². The molecule has 0 atom stereocenters. The largest absolute Gasteiger partial charge is 0.399 e. The van der Waals surface area contributed by atoms with Crippen LogP contribution < -0.4 is 10.5 Å². The van der Waals surface area contributed by atoms with Crippen LogP contribution in [0.2, 0.25) is 0 Å². The smallest absolute Gasteiger partial charge is 0.264 e. The van der Waals surface area contributed by atoms with Crippen LogP contribution >= 0.6 is 0 Å². The summed E-state index contributed by atoms with van der Waals surface area (Å²) >= 11 is 0. The number of hydrogen-bond donors (Lipinski definition) is 2. The van der Waals surface area contributed by atoms with E-state index in [-0.39, 0.29) is 52.7 Å². The van der Waals surface area contributed by atoms with Gasteiger partial charge in [-0.2, -0.15) is 0 Å². The summed E-state index contributed by atoms with van der Waals surface area (Å²) in [5, 5.41) is 0. The molecule has 1 aromatic carbocycles. The van der Waals surface area contributed by atoms with Crippen LogP contribution in [0.3, 0.4) is 0 Å². The standard InChI is InChI=1S/C10H10N4O2S.Ag.Zn/c11-8-2-4-9(5-3-8)17(15,16)14-10-12-6-1-7-13-10;;/h1-7H,11H2,(H,12,13,14);;. The number of nitrogens with zero attached hydrogens (tertiary/aromatic N) is 2. The minimum atomic E-state index is -3.66. The van der Waals surface area contributed by atoms with Gasteiger partial charge in [-0.3, -0.25) is 0 Å². The molecule has 0 amide bonds. The van der Waals surface area contributed by atoms with Crippen LogP contribution in [0.15, 0.2) is 47.6 Å². The molecule has 0 spiro atoms. The molecule has 19 heavy (non-hydrogen) atoms. The topological polar surface area (TPSA) is 98.0 Å². The van der Waals surface area contributed by atoms with Crippen LogP contribution in [0.5, 0.6) is 0 Å². The van der Waals surface area contributed by atoms with E-state index < -0.39 is 10.0 Å². The molecule has 0 aliphatic heterocycles. The van der Waals surface area contributed by atoms with Crippen LogP contribution in [0.1, 0.15) is 0 Å². The van der Waals surface area contributed by atoms with Crippen molar-refractivity contribution < 1.29 is 50.3 Å². The van der Waals surface area contributed by atoms with Gasteiger partial charge in [0, 0.05) is 59.9 Å². The van der Waals surface area contributed by atoms with Crippen LogP contribution in [-0.4, -0.2) is 18.4 Å². The molecule has 6 nitrogen and oxygen atoms in total. The van der Waals surface area contributed by atoms with Crippen LogP contribution in [0.25, 0.3) is 0 Å². The van der Waals surface area contributed by atoms with Gasteiger partial charge in [-0.25, -0.2) is 23.1 Å². The summed E-state index contributed by atoms with van der Waals surface area (Å²) in [6.07, 6.45) is 2.90. The molecule has 1 aromatic heterocycles. The van der Waals surface area contributed by atoms with Crippen LogP contribution in [-0.2, 0) is 51.9 Å². The molecule has 0 saturated heterocycles. The number of rotatable bonds is 3. The molecule has 1 heterocycles. The SMILES string of the molecule is Nc1ccc(S(=O)(=O)Nc2ncccn2)cc1.[Ag].[Zn]. The Hall–Kier alpha value is -0.786. The van der Waals surface area contributed by atoms with Gasteiger partial charge in [-0.15, -0.1) is 0 Å². The number of anilines is 2. The minimum Gasteiger partial charge on any atom is -0.399 e. The van der Waals surface area contributed by atoms with E-state index in [1.807, 2.05) is 0 Å². The molecule has 9 heteroatoms. The fourth-order valence-electron chi connectivity index (χ4n) is 1.18. The molecule has 0 aliphatic rings. The molecule has 0 aliphatic carbocycles. The zero-order valence-corrected chi connectivity index (χ0v) is 15.0. The third-order valence-electron chi connectivity index (χ3n) is 1.98. The van der Waals surface area contributed by atoms with Crippen molar-refractivity contribution in [1.82, 2.24) is 9.97 Å². The molecular formula is C10H10AgN4O2SZn. The normalized spacial score (nSPS) is 9.89. The summed E-state index contributed by atoms with van der Waals surface area (Å²) in [4.78, 5) is 7.67. The Morgan fingerprint density at radius 1 is 1.05 bits per heavy atom. The summed E-state index contributed by atoms with van der Waals surface area (Å²) in [6, 6.07) is 7.46. The van der Waals surface area contributed by atoms with Crippen molar-refractivity contribution in [3.05, 3.63) is 42.7 Å². The predicted molar refractivity (Wildman–Crippen MR) is 63.7 cm³/mol.